The smallest absolute Gasteiger partial charge is 0.158 e. The molecule has 0 bridgehead atoms. The highest BCUT2D eigenvalue weighted by Gasteiger charge is 2.13. The molecule has 2 N–H and O–H groups in total. The number of nitrogens with one attached hydrogen (secondary N) is 1. The van der Waals surface area contributed by atoms with Gasteiger partial charge in [-0.3, -0.25) is 0 Å². The lowest BCUT2D eigenvalue weighted by molar-refractivity contribution is 0.278. The quantitative estimate of drug-likeness (QED) is 0.353. The lowest BCUT2D eigenvalue weighted by Gasteiger charge is -2.13. The predicted molar refractivity (Wildman–Crippen MR) is 124 cm³/mol. The number of aliphatic hydroxyl groups excluding tert-OH is 1. The third-order valence-corrected chi connectivity index (χ3v) is 6.13. The van der Waals surface area contributed by atoms with E-state index in [1.165, 1.54) is 17.9 Å². The van der Waals surface area contributed by atoms with Crippen LogP contribution in [0.2, 0.25) is 5.02 Å². The summed E-state index contributed by atoms with van der Waals surface area (Å²) in [4.78, 5) is 8.66. The van der Waals surface area contributed by atoms with Gasteiger partial charge in [-0.1, -0.05) is 17.7 Å². The summed E-state index contributed by atoms with van der Waals surface area (Å²) in [5.74, 6) is 1.92. The van der Waals surface area contributed by atoms with Crippen LogP contribution < -0.4 is 10.1 Å². The van der Waals surface area contributed by atoms with Crippen LogP contribution >= 0.6 is 23.1 Å². The van der Waals surface area contributed by atoms with Crippen LogP contribution in [-0.4, -0.2) is 30.6 Å². The van der Waals surface area contributed by atoms with Crippen LogP contribution in [0.1, 0.15) is 5.69 Å². The van der Waals surface area contributed by atoms with Gasteiger partial charge in [0.2, 0.25) is 0 Å². The highest BCUT2D eigenvalue weighted by molar-refractivity contribution is 7.13. The second-order valence-electron chi connectivity index (χ2n) is 6.96. The summed E-state index contributed by atoms with van der Waals surface area (Å²) in [5, 5.41) is 14.1. The molecule has 0 radical (unpaired) electrons. The number of anilines is 2. The Morgan fingerprint density at radius 2 is 2.06 bits per heavy atom. The summed E-state index contributed by atoms with van der Waals surface area (Å²) in [7, 11) is 0. The van der Waals surface area contributed by atoms with E-state index in [4.69, 9.17) is 16.3 Å². The van der Waals surface area contributed by atoms with Crippen molar-refractivity contribution < 1.29 is 9.84 Å². The van der Waals surface area contributed by atoms with Gasteiger partial charge in [0, 0.05) is 18.4 Å². The molecule has 31 heavy (non-hydrogen) atoms. The molecule has 0 saturated carbocycles. The fourth-order valence-corrected chi connectivity index (χ4v) is 4.55. The molecule has 0 spiro atoms. The molecule has 3 heterocycles. The normalized spacial score (nSPS) is 11.3. The fourth-order valence-electron chi connectivity index (χ4n) is 3.53. The first-order chi connectivity index (χ1) is 15.1. The maximum Gasteiger partial charge on any atom is 0.158 e. The molecule has 0 atom stereocenters. The number of aryl methyl sites for hydroxylation is 1. The van der Waals surface area contributed by atoms with Gasteiger partial charge in [-0.15, -0.1) is 0 Å². The Balaban J connectivity index is 1.45. The van der Waals surface area contributed by atoms with Crippen molar-refractivity contribution >= 4 is 55.8 Å². The van der Waals surface area contributed by atoms with Crippen LogP contribution in [0.5, 0.6) is 11.5 Å². The molecule has 3 aromatic heterocycles. The van der Waals surface area contributed by atoms with E-state index in [-0.39, 0.29) is 6.61 Å². The molecule has 5 aromatic rings. The highest BCUT2D eigenvalue weighted by Crippen LogP contribution is 2.38. The van der Waals surface area contributed by atoms with Gasteiger partial charge in [-0.25, -0.2) is 9.97 Å². The molecule has 5 rings (SSSR count). The number of aromatic nitrogens is 4. The topological polar surface area (TPSA) is 85.1 Å². The van der Waals surface area contributed by atoms with Crippen LogP contribution in [0.15, 0.2) is 55.0 Å². The first kappa shape index (κ1) is 19.7. The minimum absolute atomic E-state index is 0.0296. The van der Waals surface area contributed by atoms with E-state index in [2.05, 4.69) is 19.7 Å². The number of hydrogen-bond donors (Lipinski definition) is 2. The molecule has 0 fully saturated rings. The van der Waals surface area contributed by atoms with Crippen molar-refractivity contribution in [2.75, 3.05) is 11.9 Å². The zero-order chi connectivity index (χ0) is 21.4. The van der Waals surface area contributed by atoms with E-state index in [1.54, 1.807) is 6.07 Å². The molecule has 156 valence electrons. The summed E-state index contributed by atoms with van der Waals surface area (Å²) < 4.78 is 13.5. The van der Waals surface area contributed by atoms with E-state index < -0.39 is 0 Å². The van der Waals surface area contributed by atoms with Gasteiger partial charge < -0.3 is 19.7 Å². The number of hydrogen-bond acceptors (Lipinski definition) is 7. The zero-order valence-corrected chi connectivity index (χ0v) is 18.1. The minimum Gasteiger partial charge on any atom is -0.455 e. The van der Waals surface area contributed by atoms with Crippen molar-refractivity contribution in [2.24, 2.45) is 0 Å². The molecule has 2 aromatic carbocycles. The number of benzene rings is 2. The average Bonchev–Trinajstić information content (AvgIpc) is 3.35. The molecule has 0 aliphatic carbocycles. The summed E-state index contributed by atoms with van der Waals surface area (Å²) in [5.41, 5.74) is 3.31. The lowest BCUT2D eigenvalue weighted by Crippen LogP contribution is -2.04. The molecule has 0 aliphatic heterocycles. The summed E-state index contributed by atoms with van der Waals surface area (Å²) in [6.07, 6.45) is 3.39. The van der Waals surface area contributed by atoms with Crippen molar-refractivity contribution in [2.45, 2.75) is 13.5 Å². The van der Waals surface area contributed by atoms with Crippen LogP contribution in [0, 0.1) is 6.92 Å². The lowest BCUT2D eigenvalue weighted by atomic mass is 10.2. The first-order valence-electron chi connectivity index (χ1n) is 9.64. The van der Waals surface area contributed by atoms with Gasteiger partial charge in [0.1, 0.15) is 23.3 Å². The van der Waals surface area contributed by atoms with Gasteiger partial charge in [0.05, 0.1) is 32.9 Å². The Bertz CT molecular complexity index is 1400. The third kappa shape index (κ3) is 3.69. The van der Waals surface area contributed by atoms with Crippen LogP contribution in [0.4, 0.5) is 11.5 Å². The van der Waals surface area contributed by atoms with E-state index in [9.17, 15) is 5.11 Å². The Hall–Kier alpha value is -3.20. The highest BCUT2D eigenvalue weighted by atomic mass is 35.5. The SMILES string of the molecule is Cc1nsc2cccc(Oc3ccc(Nc4ncnc5ccn(CCO)c45)cc3Cl)c12. The Morgan fingerprint density at radius 3 is 2.90 bits per heavy atom. The van der Waals surface area contributed by atoms with Gasteiger partial charge in [0.15, 0.2) is 5.82 Å². The Morgan fingerprint density at radius 1 is 1.16 bits per heavy atom. The molecular formula is C22H18ClN5O2S. The standard InChI is InChI=1S/C22H18ClN5O2S/c1-13-20-18(3-2-4-19(20)31-27-13)30-17-6-5-14(11-15(17)23)26-22-21-16(24-12-25-22)7-8-28(21)9-10-29/h2-8,11-12,29H,9-10H2,1H3,(H,24,25,26). The Kier molecular flexibility index (Phi) is 5.19. The summed E-state index contributed by atoms with van der Waals surface area (Å²) in [6.45, 7) is 2.46. The molecule has 0 amide bonds. The number of nitrogens with zero attached hydrogens (tertiary/aromatic N) is 4. The number of ether oxygens (including phenoxy) is 1. The number of halogens is 1. The van der Waals surface area contributed by atoms with Gasteiger partial charge in [-0.05, 0) is 54.9 Å². The second kappa shape index (κ2) is 8.14. The largest absolute Gasteiger partial charge is 0.455 e. The molecule has 0 unspecified atom stereocenters. The van der Waals surface area contributed by atoms with Crippen molar-refractivity contribution in [1.29, 1.82) is 0 Å². The van der Waals surface area contributed by atoms with Crippen LogP contribution in [-0.2, 0) is 6.54 Å². The number of rotatable bonds is 6. The maximum atomic E-state index is 9.32. The number of fused-ring (bicyclic) bond motifs is 2. The maximum absolute atomic E-state index is 9.32. The zero-order valence-electron chi connectivity index (χ0n) is 16.5. The summed E-state index contributed by atoms with van der Waals surface area (Å²) in [6, 6.07) is 13.3. The average molecular weight is 452 g/mol. The van der Waals surface area contributed by atoms with Crippen LogP contribution in [0.25, 0.3) is 21.1 Å². The van der Waals surface area contributed by atoms with E-state index in [0.717, 1.165) is 38.3 Å². The monoisotopic (exact) mass is 451 g/mol. The van der Waals surface area contributed by atoms with E-state index in [1.807, 2.05) is 54.1 Å². The molecular weight excluding hydrogens is 434 g/mol. The van der Waals surface area contributed by atoms with Gasteiger partial charge in [0.25, 0.3) is 0 Å². The van der Waals surface area contributed by atoms with Crippen LogP contribution in [0.3, 0.4) is 0 Å². The molecule has 0 saturated heterocycles. The molecule has 7 nitrogen and oxygen atoms in total. The third-order valence-electron chi connectivity index (χ3n) is 4.94. The Labute approximate surface area is 187 Å². The van der Waals surface area contributed by atoms with Crippen molar-refractivity contribution in [1.82, 2.24) is 18.9 Å². The molecule has 9 heteroatoms. The fraction of sp³-hybridized carbons (Fsp3) is 0.136. The molecule has 0 aliphatic rings. The van der Waals surface area contributed by atoms with E-state index in [0.29, 0.717) is 23.1 Å². The minimum atomic E-state index is 0.0296. The predicted octanol–water partition coefficient (Wildman–Crippen LogP) is 5.53. The van der Waals surface area contributed by atoms with Crippen molar-refractivity contribution in [3.05, 3.63) is 65.7 Å². The first-order valence-corrected chi connectivity index (χ1v) is 10.8. The summed E-state index contributed by atoms with van der Waals surface area (Å²) >= 11 is 7.99. The second-order valence-corrected chi connectivity index (χ2v) is 8.17. The van der Waals surface area contributed by atoms with E-state index >= 15 is 0 Å². The van der Waals surface area contributed by atoms with Gasteiger partial charge in [-0.2, -0.15) is 4.37 Å². The van der Waals surface area contributed by atoms with Gasteiger partial charge >= 0.3 is 0 Å². The van der Waals surface area contributed by atoms with Crippen molar-refractivity contribution in [3.63, 3.8) is 0 Å². The number of aliphatic hydroxyl groups is 1. The van der Waals surface area contributed by atoms with Crippen molar-refractivity contribution in [3.8, 4) is 11.5 Å².